The molecule has 0 radical (unpaired) electrons. The molecule has 1 unspecified atom stereocenters. The highest BCUT2D eigenvalue weighted by molar-refractivity contribution is 7.89. The lowest BCUT2D eigenvalue weighted by Gasteiger charge is -2.15. The number of rotatable bonds is 9. The number of carbonyl (C=O) groups is 1. The Labute approximate surface area is 124 Å². The summed E-state index contributed by atoms with van der Waals surface area (Å²) in [6, 6.07) is 4.71. The quantitative estimate of drug-likeness (QED) is 0.573. The number of carboxylic acids is 1. The van der Waals surface area contributed by atoms with Crippen molar-refractivity contribution in [2.45, 2.75) is 30.7 Å². The summed E-state index contributed by atoms with van der Waals surface area (Å²) >= 11 is 0. The van der Waals surface area contributed by atoms with Gasteiger partial charge in [-0.1, -0.05) is 25.5 Å². The molecule has 1 aromatic carbocycles. The van der Waals surface area contributed by atoms with E-state index in [0.717, 1.165) is 12.8 Å². The van der Waals surface area contributed by atoms with Crippen LogP contribution in [0.1, 0.15) is 19.8 Å². The fourth-order valence-corrected chi connectivity index (χ4v) is 2.92. The average molecular weight is 316 g/mol. The van der Waals surface area contributed by atoms with Gasteiger partial charge in [-0.15, -0.1) is 0 Å². The van der Waals surface area contributed by atoms with Crippen LogP contribution in [0.5, 0.6) is 5.75 Å². The Hall–Kier alpha value is -1.64. The topological polar surface area (TPSA) is 119 Å². The second-order valence-electron chi connectivity index (χ2n) is 4.40. The maximum Gasteiger partial charge on any atom is 0.323 e. The average Bonchev–Trinajstić information content (AvgIpc) is 2.45. The van der Waals surface area contributed by atoms with Gasteiger partial charge in [0.15, 0.2) is 0 Å². The Bertz CT molecular complexity index is 574. The van der Waals surface area contributed by atoms with Crippen LogP contribution < -0.4 is 15.2 Å². The second kappa shape index (κ2) is 7.96. The zero-order valence-corrected chi connectivity index (χ0v) is 12.6. The van der Waals surface area contributed by atoms with Crippen molar-refractivity contribution in [1.82, 2.24) is 4.72 Å². The Morgan fingerprint density at radius 3 is 2.67 bits per heavy atom. The summed E-state index contributed by atoms with van der Waals surface area (Å²) in [5, 5.41) is 8.89. The van der Waals surface area contributed by atoms with Gasteiger partial charge in [-0.25, -0.2) is 8.42 Å². The van der Waals surface area contributed by atoms with Crippen molar-refractivity contribution < 1.29 is 23.1 Å². The normalized spacial score (nSPS) is 12.9. The molecular formula is C13H20N2O5S. The predicted octanol–water partition coefficient (Wildman–Crippen LogP) is 0.556. The smallest absolute Gasteiger partial charge is 0.323 e. The van der Waals surface area contributed by atoms with Gasteiger partial charge in [-0.2, -0.15) is 4.72 Å². The van der Waals surface area contributed by atoms with Crippen molar-refractivity contribution in [3.63, 3.8) is 0 Å². The van der Waals surface area contributed by atoms with E-state index in [-0.39, 0.29) is 17.2 Å². The molecule has 7 nitrogen and oxygen atoms in total. The van der Waals surface area contributed by atoms with Gasteiger partial charge < -0.3 is 15.6 Å². The SMILES string of the molecule is CCCCOc1ccccc1S(=O)(=O)NC(CN)C(=O)O. The molecule has 0 bridgehead atoms. The minimum Gasteiger partial charge on any atom is -0.492 e. The molecule has 8 heteroatoms. The highest BCUT2D eigenvalue weighted by Gasteiger charge is 2.26. The van der Waals surface area contributed by atoms with Crippen molar-refractivity contribution >= 4 is 16.0 Å². The van der Waals surface area contributed by atoms with Crippen LogP contribution in [-0.2, 0) is 14.8 Å². The van der Waals surface area contributed by atoms with Crippen LogP contribution in [0.25, 0.3) is 0 Å². The Balaban J connectivity index is 2.99. The molecule has 0 saturated heterocycles. The Kier molecular flexibility index (Phi) is 6.60. The molecule has 4 N–H and O–H groups in total. The molecule has 118 valence electrons. The number of carboxylic acid groups (broad SMARTS) is 1. The summed E-state index contributed by atoms with van der Waals surface area (Å²) in [6.07, 6.45) is 1.71. The summed E-state index contributed by atoms with van der Waals surface area (Å²) in [5.41, 5.74) is 5.26. The zero-order valence-electron chi connectivity index (χ0n) is 11.8. The largest absolute Gasteiger partial charge is 0.492 e. The maximum atomic E-state index is 12.2. The highest BCUT2D eigenvalue weighted by atomic mass is 32.2. The molecule has 0 aliphatic heterocycles. The number of hydrogen-bond donors (Lipinski definition) is 3. The van der Waals surface area contributed by atoms with E-state index in [4.69, 9.17) is 15.6 Å². The number of benzene rings is 1. The van der Waals surface area contributed by atoms with E-state index < -0.39 is 22.0 Å². The molecule has 0 saturated carbocycles. The third-order valence-corrected chi connectivity index (χ3v) is 4.24. The van der Waals surface area contributed by atoms with Crippen molar-refractivity contribution in [3.8, 4) is 5.75 Å². The van der Waals surface area contributed by atoms with Gasteiger partial charge in [0, 0.05) is 6.54 Å². The number of para-hydroxylation sites is 1. The van der Waals surface area contributed by atoms with Gasteiger partial charge in [0.2, 0.25) is 10.0 Å². The third-order valence-electron chi connectivity index (χ3n) is 2.73. The molecule has 1 aromatic rings. The van der Waals surface area contributed by atoms with E-state index in [2.05, 4.69) is 4.72 Å². The minimum atomic E-state index is -4.02. The summed E-state index contributed by atoms with van der Waals surface area (Å²) in [7, 11) is -4.02. The predicted molar refractivity (Wildman–Crippen MR) is 77.6 cm³/mol. The molecule has 0 spiro atoms. The standard InChI is InChI=1S/C13H20N2O5S/c1-2-3-8-20-11-6-4-5-7-12(11)21(18,19)15-10(9-14)13(16)17/h4-7,10,15H,2-3,8-9,14H2,1H3,(H,16,17). The first-order valence-electron chi connectivity index (χ1n) is 6.59. The third kappa shape index (κ3) is 5.00. The van der Waals surface area contributed by atoms with Crippen LogP contribution in [0.2, 0.25) is 0 Å². The van der Waals surface area contributed by atoms with Crippen LogP contribution in [0.3, 0.4) is 0 Å². The lowest BCUT2D eigenvalue weighted by molar-refractivity contribution is -0.138. The summed E-state index contributed by atoms with van der Waals surface area (Å²) in [6.45, 7) is 2.04. The van der Waals surface area contributed by atoms with Crippen molar-refractivity contribution in [2.75, 3.05) is 13.2 Å². The van der Waals surface area contributed by atoms with Gasteiger partial charge in [-0.05, 0) is 18.6 Å². The first kappa shape index (κ1) is 17.4. The van der Waals surface area contributed by atoms with Crippen LogP contribution in [0, 0.1) is 0 Å². The Morgan fingerprint density at radius 2 is 2.10 bits per heavy atom. The molecule has 1 rings (SSSR count). The number of sulfonamides is 1. The number of unbranched alkanes of at least 4 members (excludes halogenated alkanes) is 1. The zero-order chi connectivity index (χ0) is 15.9. The lowest BCUT2D eigenvalue weighted by atomic mass is 10.3. The molecule has 1 atom stereocenters. The van der Waals surface area contributed by atoms with E-state index >= 15 is 0 Å². The van der Waals surface area contributed by atoms with E-state index in [1.165, 1.54) is 12.1 Å². The van der Waals surface area contributed by atoms with Crippen LogP contribution in [0.4, 0.5) is 0 Å². The van der Waals surface area contributed by atoms with Gasteiger partial charge in [0.1, 0.15) is 16.7 Å². The van der Waals surface area contributed by atoms with Crippen LogP contribution >= 0.6 is 0 Å². The minimum absolute atomic E-state index is 0.0965. The first-order chi connectivity index (χ1) is 9.92. The lowest BCUT2D eigenvalue weighted by Crippen LogP contribution is -2.45. The maximum absolute atomic E-state index is 12.2. The van der Waals surface area contributed by atoms with Gasteiger partial charge in [0.05, 0.1) is 6.61 Å². The van der Waals surface area contributed by atoms with Gasteiger partial charge >= 0.3 is 5.97 Å². The molecule has 0 aliphatic carbocycles. The van der Waals surface area contributed by atoms with Crippen molar-refractivity contribution in [2.24, 2.45) is 5.73 Å². The number of aliphatic carboxylic acids is 1. The highest BCUT2D eigenvalue weighted by Crippen LogP contribution is 2.23. The molecule has 0 aromatic heterocycles. The van der Waals surface area contributed by atoms with Gasteiger partial charge in [0.25, 0.3) is 0 Å². The summed E-state index contributed by atoms with van der Waals surface area (Å²) in [4.78, 5) is 10.8. The number of nitrogens with one attached hydrogen (secondary N) is 1. The van der Waals surface area contributed by atoms with Crippen LogP contribution in [0.15, 0.2) is 29.2 Å². The fraction of sp³-hybridized carbons (Fsp3) is 0.462. The van der Waals surface area contributed by atoms with Crippen molar-refractivity contribution in [3.05, 3.63) is 24.3 Å². The molecular weight excluding hydrogens is 296 g/mol. The molecule has 0 fully saturated rings. The molecule has 0 amide bonds. The van der Waals surface area contributed by atoms with Gasteiger partial charge in [-0.3, -0.25) is 4.79 Å². The van der Waals surface area contributed by atoms with Crippen molar-refractivity contribution in [1.29, 1.82) is 0 Å². The molecule has 0 aliphatic rings. The van der Waals surface area contributed by atoms with Crippen LogP contribution in [-0.4, -0.2) is 38.7 Å². The molecule has 21 heavy (non-hydrogen) atoms. The monoisotopic (exact) mass is 316 g/mol. The molecule has 0 heterocycles. The number of nitrogens with two attached hydrogens (primary N) is 1. The number of hydrogen-bond acceptors (Lipinski definition) is 5. The second-order valence-corrected chi connectivity index (χ2v) is 6.08. The first-order valence-corrected chi connectivity index (χ1v) is 8.07. The number of ether oxygens (including phenoxy) is 1. The summed E-state index contributed by atoms with van der Waals surface area (Å²) in [5.74, 6) is -1.13. The Morgan fingerprint density at radius 1 is 1.43 bits per heavy atom. The van der Waals surface area contributed by atoms with E-state index in [1.807, 2.05) is 6.92 Å². The summed E-state index contributed by atoms with van der Waals surface area (Å²) < 4.78 is 32.0. The fourth-order valence-electron chi connectivity index (χ4n) is 1.57. The van der Waals surface area contributed by atoms with E-state index in [1.54, 1.807) is 12.1 Å². The van der Waals surface area contributed by atoms with E-state index in [9.17, 15) is 13.2 Å². The van der Waals surface area contributed by atoms with E-state index in [0.29, 0.717) is 6.61 Å².